The molecule has 2 saturated carbocycles. The fourth-order valence-corrected chi connectivity index (χ4v) is 7.01. The summed E-state index contributed by atoms with van der Waals surface area (Å²) in [6.45, 7) is 3.09. The average molecular weight is 618 g/mol. The SMILES string of the molecule is CCN(CC(O)C(Cc1ccccc1)NC(=O)c1cc(NC2CCCCC2)cc(N2CCCC2=O)c1)C(=O)NC1CCCCC1. The van der Waals surface area contributed by atoms with Crippen LogP contribution in [0.1, 0.15) is 99.9 Å². The van der Waals surface area contributed by atoms with E-state index in [1.807, 2.05) is 49.4 Å². The molecule has 45 heavy (non-hydrogen) atoms. The second kappa shape index (κ2) is 16.1. The first-order valence-electron chi connectivity index (χ1n) is 17.2. The third-order valence-corrected chi connectivity index (χ3v) is 9.63. The number of amides is 4. The van der Waals surface area contributed by atoms with Crippen molar-refractivity contribution in [2.24, 2.45) is 0 Å². The molecule has 1 heterocycles. The van der Waals surface area contributed by atoms with Crippen LogP contribution >= 0.6 is 0 Å². The monoisotopic (exact) mass is 617 g/mol. The number of benzene rings is 2. The molecule has 3 aliphatic rings. The van der Waals surface area contributed by atoms with Crippen LogP contribution in [0.3, 0.4) is 0 Å². The van der Waals surface area contributed by atoms with E-state index in [4.69, 9.17) is 0 Å². The van der Waals surface area contributed by atoms with Gasteiger partial charge in [0.25, 0.3) is 5.91 Å². The smallest absolute Gasteiger partial charge is 0.317 e. The fourth-order valence-electron chi connectivity index (χ4n) is 7.01. The number of likely N-dealkylation sites (N-methyl/N-ethyl adjacent to an activating group) is 1. The van der Waals surface area contributed by atoms with Crippen LogP contribution in [0.5, 0.6) is 0 Å². The van der Waals surface area contributed by atoms with Crippen molar-refractivity contribution >= 4 is 29.2 Å². The maximum absolute atomic E-state index is 13.9. The first kappa shape index (κ1) is 32.8. The number of carbonyl (C=O) groups excluding carboxylic acids is 3. The molecule has 4 amide bonds. The Bertz CT molecular complexity index is 1280. The molecule has 244 valence electrons. The Morgan fingerprint density at radius 1 is 0.933 bits per heavy atom. The van der Waals surface area contributed by atoms with Crippen molar-refractivity contribution in [1.82, 2.24) is 15.5 Å². The van der Waals surface area contributed by atoms with E-state index >= 15 is 0 Å². The zero-order chi connectivity index (χ0) is 31.6. The molecule has 5 rings (SSSR count). The van der Waals surface area contributed by atoms with Crippen LogP contribution in [-0.2, 0) is 11.2 Å². The third-order valence-electron chi connectivity index (χ3n) is 9.63. The predicted molar refractivity (Wildman–Crippen MR) is 179 cm³/mol. The van der Waals surface area contributed by atoms with E-state index in [9.17, 15) is 19.5 Å². The molecule has 2 aliphatic carbocycles. The Labute approximate surface area is 268 Å². The van der Waals surface area contributed by atoms with Gasteiger partial charge in [0.05, 0.1) is 18.7 Å². The summed E-state index contributed by atoms with van der Waals surface area (Å²) < 4.78 is 0. The summed E-state index contributed by atoms with van der Waals surface area (Å²) >= 11 is 0. The normalized spacial score (nSPS) is 19.2. The molecule has 2 aromatic carbocycles. The molecule has 3 fully saturated rings. The number of nitrogens with zero attached hydrogens (tertiary/aromatic N) is 2. The number of urea groups is 1. The van der Waals surface area contributed by atoms with Gasteiger partial charge in [0.15, 0.2) is 0 Å². The summed E-state index contributed by atoms with van der Waals surface area (Å²) in [5, 5.41) is 21.5. The van der Waals surface area contributed by atoms with Gasteiger partial charge in [-0.3, -0.25) is 9.59 Å². The standard InChI is InChI=1S/C36H51N5O4/c1-2-40(36(45)38-29-17-10-5-11-18-29)25-33(42)32(21-26-13-6-3-7-14-26)39-35(44)27-22-30(37-28-15-8-4-9-16-28)24-31(23-27)41-20-12-19-34(41)43/h3,6-7,13-14,22-24,28-29,32-33,37,42H,2,4-5,8-12,15-21,25H2,1H3,(H,38,45)(H,39,44). The lowest BCUT2D eigenvalue weighted by atomic mass is 9.95. The third kappa shape index (κ3) is 9.22. The quantitative estimate of drug-likeness (QED) is 0.247. The number of aliphatic hydroxyl groups excluding tert-OH is 1. The first-order chi connectivity index (χ1) is 21.9. The van der Waals surface area contributed by atoms with Crippen LogP contribution in [0.25, 0.3) is 0 Å². The van der Waals surface area contributed by atoms with Gasteiger partial charge in [-0.2, -0.15) is 0 Å². The van der Waals surface area contributed by atoms with Crippen molar-refractivity contribution in [1.29, 1.82) is 0 Å². The Kier molecular flexibility index (Phi) is 11.7. The van der Waals surface area contributed by atoms with Crippen molar-refractivity contribution in [2.45, 2.75) is 115 Å². The highest BCUT2D eigenvalue weighted by Crippen LogP contribution is 2.29. The lowest BCUT2D eigenvalue weighted by Crippen LogP contribution is -2.53. The Morgan fingerprint density at radius 3 is 2.27 bits per heavy atom. The molecule has 0 radical (unpaired) electrons. The molecule has 0 spiro atoms. The van der Waals surface area contributed by atoms with Crippen LogP contribution in [0.2, 0.25) is 0 Å². The van der Waals surface area contributed by atoms with Gasteiger partial charge in [0.1, 0.15) is 0 Å². The second-order valence-corrected chi connectivity index (χ2v) is 13.1. The van der Waals surface area contributed by atoms with Gasteiger partial charge in [-0.1, -0.05) is 68.9 Å². The summed E-state index contributed by atoms with van der Waals surface area (Å²) in [5.74, 6) is -0.246. The summed E-state index contributed by atoms with van der Waals surface area (Å²) in [5.41, 5.74) is 2.98. The molecule has 2 atom stereocenters. The number of anilines is 2. The summed E-state index contributed by atoms with van der Waals surface area (Å²) in [7, 11) is 0. The Morgan fingerprint density at radius 2 is 1.62 bits per heavy atom. The van der Waals surface area contributed by atoms with Crippen LogP contribution in [0.15, 0.2) is 48.5 Å². The predicted octanol–water partition coefficient (Wildman–Crippen LogP) is 5.62. The van der Waals surface area contributed by atoms with Crippen molar-refractivity contribution in [3.8, 4) is 0 Å². The highest BCUT2D eigenvalue weighted by Gasteiger charge is 2.29. The van der Waals surface area contributed by atoms with Crippen molar-refractivity contribution < 1.29 is 19.5 Å². The number of nitrogens with one attached hydrogen (secondary N) is 3. The number of aliphatic hydroxyl groups is 1. The maximum Gasteiger partial charge on any atom is 0.317 e. The van der Waals surface area contributed by atoms with Crippen LogP contribution in [0.4, 0.5) is 16.2 Å². The lowest BCUT2D eigenvalue weighted by molar-refractivity contribution is -0.117. The van der Waals surface area contributed by atoms with E-state index in [0.717, 1.165) is 61.9 Å². The Hall–Kier alpha value is -3.59. The fraction of sp³-hybridized carbons (Fsp3) is 0.583. The number of hydrogen-bond donors (Lipinski definition) is 4. The lowest BCUT2D eigenvalue weighted by Gasteiger charge is -2.32. The van der Waals surface area contributed by atoms with Crippen molar-refractivity contribution in [3.05, 3.63) is 59.7 Å². The zero-order valence-corrected chi connectivity index (χ0v) is 26.8. The van der Waals surface area contributed by atoms with E-state index in [1.54, 1.807) is 15.9 Å². The minimum absolute atomic E-state index is 0.0692. The summed E-state index contributed by atoms with van der Waals surface area (Å²) in [6.07, 6.45) is 11.9. The molecule has 4 N–H and O–H groups in total. The van der Waals surface area contributed by atoms with E-state index in [2.05, 4.69) is 16.0 Å². The number of rotatable bonds is 12. The van der Waals surface area contributed by atoms with Gasteiger partial charge in [-0.05, 0) is 69.2 Å². The molecule has 0 bridgehead atoms. The van der Waals surface area contributed by atoms with Crippen LogP contribution in [0, 0.1) is 0 Å². The van der Waals surface area contributed by atoms with Gasteiger partial charge in [-0.15, -0.1) is 0 Å². The molecular weight excluding hydrogens is 566 g/mol. The topological polar surface area (TPSA) is 114 Å². The van der Waals surface area contributed by atoms with Gasteiger partial charge < -0.3 is 30.9 Å². The highest BCUT2D eigenvalue weighted by molar-refractivity contribution is 6.00. The van der Waals surface area contributed by atoms with Gasteiger partial charge in [-0.25, -0.2) is 4.79 Å². The molecular formula is C36H51N5O4. The Balaban J connectivity index is 1.34. The van der Waals surface area contributed by atoms with E-state index in [-0.39, 0.29) is 30.4 Å². The van der Waals surface area contributed by atoms with E-state index in [0.29, 0.717) is 37.5 Å². The average Bonchev–Trinajstić information content (AvgIpc) is 3.50. The van der Waals surface area contributed by atoms with Gasteiger partial charge in [0, 0.05) is 48.5 Å². The largest absolute Gasteiger partial charge is 0.389 e. The molecule has 2 aromatic rings. The molecule has 1 aliphatic heterocycles. The molecule has 9 nitrogen and oxygen atoms in total. The molecule has 1 saturated heterocycles. The van der Waals surface area contributed by atoms with Gasteiger partial charge in [0.2, 0.25) is 5.91 Å². The molecule has 9 heteroatoms. The second-order valence-electron chi connectivity index (χ2n) is 13.1. The zero-order valence-electron chi connectivity index (χ0n) is 26.8. The summed E-state index contributed by atoms with van der Waals surface area (Å²) in [6, 6.07) is 15.1. The number of hydrogen-bond acceptors (Lipinski definition) is 5. The molecule has 2 unspecified atom stereocenters. The van der Waals surface area contributed by atoms with Crippen LogP contribution < -0.4 is 20.9 Å². The van der Waals surface area contributed by atoms with Crippen LogP contribution in [-0.4, -0.2) is 71.7 Å². The molecule has 0 aromatic heterocycles. The number of carbonyl (C=O) groups is 3. The maximum atomic E-state index is 13.9. The van der Waals surface area contributed by atoms with Gasteiger partial charge >= 0.3 is 6.03 Å². The summed E-state index contributed by atoms with van der Waals surface area (Å²) in [4.78, 5) is 43.2. The highest BCUT2D eigenvalue weighted by atomic mass is 16.3. The van der Waals surface area contributed by atoms with Crippen molar-refractivity contribution in [2.75, 3.05) is 29.9 Å². The minimum atomic E-state index is -0.991. The first-order valence-corrected chi connectivity index (χ1v) is 17.2. The van der Waals surface area contributed by atoms with E-state index in [1.165, 1.54) is 25.7 Å². The van der Waals surface area contributed by atoms with E-state index < -0.39 is 12.1 Å². The van der Waals surface area contributed by atoms with Crippen molar-refractivity contribution in [3.63, 3.8) is 0 Å². The minimum Gasteiger partial charge on any atom is -0.389 e.